The fraction of sp³-hybridized carbons (Fsp3) is 0.167. The van der Waals surface area contributed by atoms with E-state index < -0.39 is 0 Å². The Bertz CT molecular complexity index is 1180. The van der Waals surface area contributed by atoms with Crippen molar-refractivity contribution in [1.82, 2.24) is 4.57 Å². The number of hydrogen-bond acceptors (Lipinski definition) is 1. The molecule has 0 aliphatic heterocycles. The van der Waals surface area contributed by atoms with Crippen molar-refractivity contribution in [2.75, 3.05) is 0 Å². The first-order valence-electron chi connectivity index (χ1n) is 9.54. The van der Waals surface area contributed by atoms with Crippen LogP contribution in [0.25, 0.3) is 10.8 Å². The molecule has 0 N–H and O–H groups in total. The second kappa shape index (κ2) is 6.71. The molecule has 0 saturated carbocycles. The zero-order chi connectivity index (χ0) is 19.1. The van der Waals surface area contributed by atoms with Crippen LogP contribution in [-0.4, -0.2) is 10.4 Å². The van der Waals surface area contributed by atoms with Crippen LogP contribution in [0.4, 0.5) is 4.39 Å². The number of pyridine rings is 1. The molecule has 0 bridgehead atoms. The fourth-order valence-electron chi connectivity index (χ4n) is 4.12. The predicted octanol–water partition coefficient (Wildman–Crippen LogP) is 4.49. The predicted molar refractivity (Wildman–Crippen MR) is 106 cm³/mol. The molecular weight excluding hydrogens is 351 g/mol. The molecule has 0 amide bonds. The molecule has 2 heterocycles. The van der Waals surface area contributed by atoms with E-state index in [1.54, 1.807) is 6.07 Å². The van der Waals surface area contributed by atoms with Gasteiger partial charge in [-0.1, -0.05) is 36.4 Å². The molecule has 4 heteroatoms. The van der Waals surface area contributed by atoms with Crippen molar-refractivity contribution >= 4 is 16.6 Å². The summed E-state index contributed by atoms with van der Waals surface area (Å²) in [7, 11) is 0. The Morgan fingerprint density at radius 2 is 1.86 bits per heavy atom. The molecule has 0 saturated heterocycles. The molecule has 4 aromatic rings. The van der Waals surface area contributed by atoms with Gasteiger partial charge in [0.2, 0.25) is 11.8 Å². The van der Waals surface area contributed by atoms with Gasteiger partial charge in [-0.25, -0.2) is 4.39 Å². The minimum Gasteiger partial charge on any atom is -0.348 e. The van der Waals surface area contributed by atoms with Gasteiger partial charge in [0.15, 0.2) is 12.4 Å². The lowest BCUT2D eigenvalue weighted by atomic mass is 9.87. The van der Waals surface area contributed by atoms with E-state index in [9.17, 15) is 9.18 Å². The Morgan fingerprint density at radius 1 is 1.04 bits per heavy atom. The largest absolute Gasteiger partial charge is 0.348 e. The summed E-state index contributed by atoms with van der Waals surface area (Å²) in [5.74, 6) is -0.361. The smallest absolute Gasteiger partial charge is 0.230 e. The minimum atomic E-state index is -0.355. The molecule has 0 spiro atoms. The molecule has 28 heavy (non-hydrogen) atoms. The number of benzene rings is 2. The van der Waals surface area contributed by atoms with Crippen LogP contribution in [0.5, 0.6) is 0 Å². The SMILES string of the molecule is O=C1c2cc(F)ccc2CCC1[n+]1ccc2cn(Cc3ccccc3)cc2c1. The molecule has 3 nitrogen and oxygen atoms in total. The number of halogens is 1. The van der Waals surface area contributed by atoms with Gasteiger partial charge >= 0.3 is 0 Å². The third-order valence-corrected chi connectivity index (χ3v) is 5.55. The Labute approximate surface area is 162 Å². The van der Waals surface area contributed by atoms with Crippen LogP contribution < -0.4 is 4.57 Å². The standard InChI is InChI=1S/C24H20FN2O/c25-21-8-6-18-7-9-23(24(28)22(18)12-21)27-11-10-19-14-26(15-20(19)16-27)13-17-4-2-1-3-5-17/h1-6,8,10-12,14-16,23H,7,9,13H2/q+1. The van der Waals surface area contributed by atoms with Crippen LogP contribution in [-0.2, 0) is 13.0 Å². The number of aryl methyl sites for hydroxylation is 1. The number of fused-ring (bicyclic) bond motifs is 2. The Morgan fingerprint density at radius 3 is 2.71 bits per heavy atom. The Kier molecular flexibility index (Phi) is 4.05. The summed E-state index contributed by atoms with van der Waals surface area (Å²) >= 11 is 0. The third kappa shape index (κ3) is 3.01. The average Bonchev–Trinajstić information content (AvgIpc) is 3.11. The maximum atomic E-state index is 13.6. The van der Waals surface area contributed by atoms with E-state index in [0.29, 0.717) is 5.56 Å². The first kappa shape index (κ1) is 16.9. The highest BCUT2D eigenvalue weighted by Gasteiger charge is 2.34. The van der Waals surface area contributed by atoms with Gasteiger partial charge in [-0.3, -0.25) is 4.79 Å². The van der Waals surface area contributed by atoms with Gasteiger partial charge < -0.3 is 4.57 Å². The van der Waals surface area contributed by atoms with E-state index in [-0.39, 0.29) is 17.6 Å². The topological polar surface area (TPSA) is 25.9 Å². The molecule has 138 valence electrons. The number of nitrogens with zero attached hydrogens (tertiary/aromatic N) is 2. The van der Waals surface area contributed by atoms with E-state index in [4.69, 9.17) is 0 Å². The maximum absolute atomic E-state index is 13.6. The van der Waals surface area contributed by atoms with E-state index in [1.807, 2.05) is 41.2 Å². The molecule has 1 aliphatic carbocycles. The van der Waals surface area contributed by atoms with Gasteiger partial charge in [-0.15, -0.1) is 0 Å². The zero-order valence-electron chi connectivity index (χ0n) is 15.4. The van der Waals surface area contributed by atoms with Crippen molar-refractivity contribution in [3.8, 4) is 0 Å². The first-order chi connectivity index (χ1) is 13.7. The van der Waals surface area contributed by atoms with Crippen molar-refractivity contribution in [2.45, 2.75) is 25.4 Å². The molecule has 1 atom stereocenters. The van der Waals surface area contributed by atoms with Gasteiger partial charge in [0.1, 0.15) is 5.82 Å². The number of rotatable bonds is 3. The van der Waals surface area contributed by atoms with Crippen LogP contribution in [0.3, 0.4) is 0 Å². The second-order valence-corrected chi connectivity index (χ2v) is 7.44. The summed E-state index contributed by atoms with van der Waals surface area (Å²) in [6, 6.07) is 16.6. The van der Waals surface area contributed by atoms with Crippen molar-refractivity contribution < 1.29 is 13.8 Å². The summed E-state index contributed by atoms with van der Waals surface area (Å²) in [5, 5.41) is 2.23. The van der Waals surface area contributed by atoms with E-state index in [2.05, 4.69) is 29.1 Å². The number of carbonyl (C=O) groups excluding carboxylic acids is 1. The number of ketones is 1. The summed E-state index contributed by atoms with van der Waals surface area (Å²) in [6.07, 6.45) is 9.75. The molecule has 2 aromatic carbocycles. The molecule has 2 aromatic heterocycles. The highest BCUT2D eigenvalue weighted by molar-refractivity contribution is 6.00. The minimum absolute atomic E-state index is 0.00572. The van der Waals surface area contributed by atoms with Crippen molar-refractivity contribution in [2.24, 2.45) is 0 Å². The summed E-state index contributed by atoms with van der Waals surface area (Å²) in [4.78, 5) is 13.0. The zero-order valence-corrected chi connectivity index (χ0v) is 15.4. The molecule has 5 rings (SSSR count). The normalized spacial score (nSPS) is 16.3. The highest BCUT2D eigenvalue weighted by atomic mass is 19.1. The number of carbonyl (C=O) groups is 1. The molecule has 1 unspecified atom stereocenters. The second-order valence-electron chi connectivity index (χ2n) is 7.44. The quantitative estimate of drug-likeness (QED) is 0.488. The van der Waals surface area contributed by atoms with Gasteiger partial charge in [-0.2, -0.15) is 4.57 Å². The summed E-state index contributed by atoms with van der Waals surface area (Å²) in [5.41, 5.74) is 2.71. The average molecular weight is 371 g/mol. The lowest BCUT2D eigenvalue weighted by Crippen LogP contribution is -2.45. The molecular formula is C24H20FN2O+. The number of hydrogen-bond donors (Lipinski definition) is 0. The molecule has 1 aliphatic rings. The molecule has 0 fully saturated rings. The van der Waals surface area contributed by atoms with Gasteiger partial charge in [0.25, 0.3) is 0 Å². The van der Waals surface area contributed by atoms with Gasteiger partial charge in [-0.05, 0) is 29.7 Å². The Balaban J connectivity index is 1.46. The Hall–Kier alpha value is -3.27. The fourth-order valence-corrected chi connectivity index (χ4v) is 4.12. The highest BCUT2D eigenvalue weighted by Crippen LogP contribution is 2.27. The van der Waals surface area contributed by atoms with Gasteiger partial charge in [0.05, 0.1) is 5.39 Å². The molecule has 0 radical (unpaired) electrons. The van der Waals surface area contributed by atoms with Crippen LogP contribution >= 0.6 is 0 Å². The lowest BCUT2D eigenvalue weighted by molar-refractivity contribution is -0.707. The summed E-state index contributed by atoms with van der Waals surface area (Å²) in [6.45, 7) is 0.810. The van der Waals surface area contributed by atoms with Crippen molar-refractivity contribution in [3.05, 3.63) is 102 Å². The van der Waals surface area contributed by atoms with E-state index in [1.165, 1.54) is 17.7 Å². The van der Waals surface area contributed by atoms with Crippen molar-refractivity contribution in [1.29, 1.82) is 0 Å². The van der Waals surface area contributed by atoms with Crippen LogP contribution in [0.2, 0.25) is 0 Å². The summed E-state index contributed by atoms with van der Waals surface area (Å²) < 4.78 is 17.8. The maximum Gasteiger partial charge on any atom is 0.230 e. The van der Waals surface area contributed by atoms with Crippen LogP contribution in [0.15, 0.2) is 79.4 Å². The third-order valence-electron chi connectivity index (χ3n) is 5.55. The van der Waals surface area contributed by atoms with Crippen molar-refractivity contribution in [3.63, 3.8) is 0 Å². The van der Waals surface area contributed by atoms with E-state index >= 15 is 0 Å². The van der Waals surface area contributed by atoms with Crippen LogP contribution in [0.1, 0.15) is 33.9 Å². The number of Topliss-reactive ketones (excluding diaryl/α,β-unsaturated/α-hetero) is 1. The van der Waals surface area contributed by atoms with Gasteiger partial charge in [0, 0.05) is 42.4 Å². The number of aromatic nitrogens is 2. The van der Waals surface area contributed by atoms with E-state index in [0.717, 1.165) is 35.7 Å². The monoisotopic (exact) mass is 371 g/mol. The first-order valence-corrected chi connectivity index (χ1v) is 9.54. The lowest BCUT2D eigenvalue weighted by Gasteiger charge is -2.19. The van der Waals surface area contributed by atoms with Crippen LogP contribution in [0, 0.1) is 5.82 Å².